The largest absolute Gasteiger partial charge is 0.492 e. The molecule has 0 aliphatic carbocycles. The van der Waals surface area contributed by atoms with Crippen LogP contribution in [0, 0.1) is 0 Å². The van der Waals surface area contributed by atoms with Gasteiger partial charge in [-0.3, -0.25) is 0 Å². The van der Waals surface area contributed by atoms with E-state index in [1.165, 1.54) is 0 Å². The van der Waals surface area contributed by atoms with Gasteiger partial charge in [0.15, 0.2) is 0 Å². The summed E-state index contributed by atoms with van der Waals surface area (Å²) in [6.45, 7) is 3.33. The minimum atomic E-state index is 0.565. The van der Waals surface area contributed by atoms with Crippen LogP contribution in [0.4, 0.5) is 5.69 Å². The molecule has 2 aromatic carbocycles. The minimum Gasteiger partial charge on any atom is -0.492 e. The van der Waals surface area contributed by atoms with Gasteiger partial charge in [-0.15, -0.1) is 0 Å². The van der Waals surface area contributed by atoms with E-state index in [2.05, 4.69) is 12.2 Å². The molecular weight excluding hydrogens is 293 g/mol. The Balaban J connectivity index is 1.83. The third-order valence-electron chi connectivity index (χ3n) is 2.96. The smallest absolute Gasteiger partial charge is 0.119 e. The summed E-state index contributed by atoms with van der Waals surface area (Å²) in [7, 11) is 0. The van der Waals surface area contributed by atoms with Gasteiger partial charge in [0.2, 0.25) is 0 Å². The Labute approximate surface area is 129 Å². The van der Waals surface area contributed by atoms with Crippen molar-refractivity contribution in [3.63, 3.8) is 0 Å². The zero-order chi connectivity index (χ0) is 14.4. The number of nitrogens with one attached hydrogen (secondary N) is 1. The highest BCUT2D eigenvalue weighted by Crippen LogP contribution is 2.23. The van der Waals surface area contributed by atoms with Gasteiger partial charge in [0.25, 0.3) is 0 Å². The van der Waals surface area contributed by atoms with Crippen molar-refractivity contribution < 1.29 is 4.74 Å². The van der Waals surface area contributed by atoms with Crippen molar-refractivity contribution in [2.24, 2.45) is 0 Å². The highest BCUT2D eigenvalue weighted by molar-refractivity contribution is 6.33. The number of para-hydroxylation sites is 1. The molecule has 2 rings (SSSR count). The van der Waals surface area contributed by atoms with E-state index in [0.717, 1.165) is 28.4 Å². The zero-order valence-electron chi connectivity index (χ0n) is 11.3. The second-order valence-electron chi connectivity index (χ2n) is 4.36. The fourth-order valence-electron chi connectivity index (χ4n) is 1.87. The molecule has 0 aliphatic heterocycles. The summed E-state index contributed by atoms with van der Waals surface area (Å²) < 4.78 is 5.70. The molecule has 2 nitrogen and oxygen atoms in total. The van der Waals surface area contributed by atoms with Gasteiger partial charge in [0.05, 0.1) is 10.7 Å². The van der Waals surface area contributed by atoms with E-state index in [1.807, 2.05) is 42.5 Å². The van der Waals surface area contributed by atoms with Crippen LogP contribution >= 0.6 is 23.2 Å². The molecule has 106 valence electrons. The normalized spacial score (nSPS) is 10.3. The van der Waals surface area contributed by atoms with Gasteiger partial charge in [-0.2, -0.15) is 0 Å². The van der Waals surface area contributed by atoms with Crippen LogP contribution in [0.5, 0.6) is 5.75 Å². The lowest BCUT2D eigenvalue weighted by atomic mass is 10.1. The predicted molar refractivity (Wildman–Crippen MR) is 86.3 cm³/mol. The summed E-state index contributed by atoms with van der Waals surface area (Å²) >= 11 is 12.1. The van der Waals surface area contributed by atoms with Gasteiger partial charge >= 0.3 is 0 Å². The van der Waals surface area contributed by atoms with Crippen molar-refractivity contribution in [2.45, 2.75) is 13.3 Å². The third kappa shape index (κ3) is 4.06. The van der Waals surface area contributed by atoms with E-state index in [0.29, 0.717) is 18.2 Å². The fraction of sp³-hybridized carbons (Fsp3) is 0.250. The van der Waals surface area contributed by atoms with Crippen molar-refractivity contribution in [1.29, 1.82) is 0 Å². The number of ether oxygens (including phenoxy) is 1. The van der Waals surface area contributed by atoms with Crippen molar-refractivity contribution in [2.75, 3.05) is 18.5 Å². The van der Waals surface area contributed by atoms with Crippen LogP contribution in [0.2, 0.25) is 10.0 Å². The number of rotatable bonds is 6. The molecule has 0 fully saturated rings. The van der Waals surface area contributed by atoms with Crippen LogP contribution in [-0.4, -0.2) is 13.2 Å². The molecule has 20 heavy (non-hydrogen) atoms. The number of anilines is 1. The molecular formula is C16H17Cl2NO. The van der Waals surface area contributed by atoms with Crippen molar-refractivity contribution in [1.82, 2.24) is 0 Å². The molecule has 0 aliphatic rings. The van der Waals surface area contributed by atoms with E-state index in [9.17, 15) is 0 Å². The van der Waals surface area contributed by atoms with Crippen LogP contribution in [0.3, 0.4) is 0 Å². The molecule has 0 aromatic heterocycles. The number of hydrogen-bond donors (Lipinski definition) is 1. The SMILES string of the molecule is CCc1cc(OCCNc2ccccc2Cl)ccc1Cl. The highest BCUT2D eigenvalue weighted by Gasteiger charge is 2.01. The van der Waals surface area contributed by atoms with Gasteiger partial charge in [-0.1, -0.05) is 42.3 Å². The quantitative estimate of drug-likeness (QED) is 0.754. The maximum absolute atomic E-state index is 6.07. The molecule has 0 heterocycles. The fourth-order valence-corrected chi connectivity index (χ4v) is 2.32. The summed E-state index contributed by atoms with van der Waals surface area (Å²) in [6.07, 6.45) is 0.897. The molecule has 0 unspecified atom stereocenters. The lowest BCUT2D eigenvalue weighted by Crippen LogP contribution is -2.11. The lowest BCUT2D eigenvalue weighted by Gasteiger charge is -2.11. The Kier molecular flexibility index (Phi) is 5.57. The maximum Gasteiger partial charge on any atom is 0.119 e. The lowest BCUT2D eigenvalue weighted by molar-refractivity contribution is 0.332. The number of aryl methyl sites for hydroxylation is 1. The van der Waals surface area contributed by atoms with Crippen molar-refractivity contribution >= 4 is 28.9 Å². The van der Waals surface area contributed by atoms with Crippen LogP contribution in [-0.2, 0) is 6.42 Å². The molecule has 0 spiro atoms. The zero-order valence-corrected chi connectivity index (χ0v) is 12.8. The summed E-state index contributed by atoms with van der Waals surface area (Å²) in [5.74, 6) is 0.840. The Morgan fingerprint density at radius 1 is 1.05 bits per heavy atom. The maximum atomic E-state index is 6.07. The Morgan fingerprint density at radius 3 is 2.60 bits per heavy atom. The van der Waals surface area contributed by atoms with Crippen LogP contribution < -0.4 is 10.1 Å². The highest BCUT2D eigenvalue weighted by atomic mass is 35.5. The average Bonchev–Trinajstić information content (AvgIpc) is 2.47. The standard InChI is InChI=1S/C16H17Cl2NO/c1-2-12-11-13(7-8-14(12)17)20-10-9-19-16-6-4-3-5-15(16)18/h3-8,11,19H,2,9-10H2,1H3. The van der Waals surface area contributed by atoms with Gasteiger partial charge in [0, 0.05) is 11.6 Å². The first-order chi connectivity index (χ1) is 9.70. The van der Waals surface area contributed by atoms with Gasteiger partial charge in [-0.25, -0.2) is 0 Å². The van der Waals surface area contributed by atoms with Crippen molar-refractivity contribution in [3.8, 4) is 5.75 Å². The summed E-state index contributed by atoms with van der Waals surface area (Å²) in [4.78, 5) is 0. The molecule has 1 N–H and O–H groups in total. The second kappa shape index (κ2) is 7.41. The van der Waals surface area contributed by atoms with Crippen LogP contribution in [0.15, 0.2) is 42.5 Å². The Hall–Kier alpha value is -1.38. The topological polar surface area (TPSA) is 21.3 Å². The van der Waals surface area contributed by atoms with E-state index in [-0.39, 0.29) is 0 Å². The van der Waals surface area contributed by atoms with Gasteiger partial charge < -0.3 is 10.1 Å². The first-order valence-electron chi connectivity index (χ1n) is 6.60. The minimum absolute atomic E-state index is 0.565. The summed E-state index contributed by atoms with van der Waals surface area (Å²) in [5, 5.41) is 4.74. The van der Waals surface area contributed by atoms with Crippen LogP contribution in [0.1, 0.15) is 12.5 Å². The molecule has 0 bridgehead atoms. The third-order valence-corrected chi connectivity index (χ3v) is 3.66. The summed E-state index contributed by atoms with van der Waals surface area (Å²) in [5.41, 5.74) is 2.02. The summed E-state index contributed by atoms with van der Waals surface area (Å²) in [6, 6.07) is 13.4. The van der Waals surface area contributed by atoms with E-state index >= 15 is 0 Å². The molecule has 0 saturated carbocycles. The number of halogens is 2. The molecule has 4 heteroatoms. The Bertz CT molecular complexity index is 572. The number of hydrogen-bond acceptors (Lipinski definition) is 2. The van der Waals surface area contributed by atoms with Gasteiger partial charge in [-0.05, 0) is 42.3 Å². The van der Waals surface area contributed by atoms with Gasteiger partial charge in [0.1, 0.15) is 12.4 Å². The van der Waals surface area contributed by atoms with E-state index < -0.39 is 0 Å². The average molecular weight is 310 g/mol. The van der Waals surface area contributed by atoms with E-state index in [4.69, 9.17) is 27.9 Å². The second-order valence-corrected chi connectivity index (χ2v) is 5.18. The molecule has 0 radical (unpaired) electrons. The van der Waals surface area contributed by atoms with Crippen molar-refractivity contribution in [3.05, 3.63) is 58.1 Å². The molecule has 0 amide bonds. The van der Waals surface area contributed by atoms with Crippen LogP contribution in [0.25, 0.3) is 0 Å². The monoisotopic (exact) mass is 309 g/mol. The molecule has 0 saturated heterocycles. The first kappa shape index (κ1) is 15.0. The number of benzene rings is 2. The molecule has 0 atom stereocenters. The predicted octanol–water partition coefficient (Wildman–Crippen LogP) is 5.05. The first-order valence-corrected chi connectivity index (χ1v) is 7.36. The molecule has 2 aromatic rings. The van der Waals surface area contributed by atoms with E-state index in [1.54, 1.807) is 0 Å². The Morgan fingerprint density at radius 2 is 1.85 bits per heavy atom.